The van der Waals surface area contributed by atoms with E-state index < -0.39 is 18.2 Å². The number of aliphatic hydroxyl groups excluding tert-OH is 1. The molecule has 2 aliphatic rings. The highest BCUT2D eigenvalue weighted by molar-refractivity contribution is 6.23. The molecule has 0 saturated carbocycles. The normalized spacial score (nSPS) is 18.0. The average Bonchev–Trinajstić information content (AvgIpc) is 3.46. The lowest BCUT2D eigenvalue weighted by Gasteiger charge is -2.35. The Balaban J connectivity index is 1.37. The van der Waals surface area contributed by atoms with E-state index in [1.807, 2.05) is 50.2 Å². The summed E-state index contributed by atoms with van der Waals surface area (Å²) in [4.78, 5) is 39.7. The molecule has 1 fully saturated rings. The van der Waals surface area contributed by atoms with Crippen molar-refractivity contribution in [3.05, 3.63) is 82.8 Å². The number of benzene rings is 3. The van der Waals surface area contributed by atoms with Crippen LogP contribution in [0.4, 0.5) is 10.1 Å². The van der Waals surface area contributed by atoms with E-state index in [0.717, 1.165) is 45.6 Å². The number of rotatable bonds is 10. The van der Waals surface area contributed by atoms with Gasteiger partial charge in [0.15, 0.2) is 0 Å². The topological polar surface area (TPSA) is 123 Å². The van der Waals surface area contributed by atoms with Crippen LogP contribution in [-0.2, 0) is 20.9 Å². The molecule has 242 valence electrons. The van der Waals surface area contributed by atoms with Gasteiger partial charge in [-0.05, 0) is 84.8 Å². The van der Waals surface area contributed by atoms with Crippen LogP contribution in [0.15, 0.2) is 60.3 Å². The number of halogens is 1. The van der Waals surface area contributed by atoms with Crippen LogP contribution >= 0.6 is 0 Å². The number of methoxy groups -OCH3 is 1. The standard InChI is InChI=1S/C35H40FN5O5/c1-20-24(22-16-29(36)27(31(17-22)46-5)18-37-15-14-23-12-13-32(42)38-23)8-6-9-25(20)26-10-7-11-30(21(26)2)39-33(43)28-19-40(3)35(45)41(4)34(28)44/h6-11,16-17,19,23,35,37,45H,12-15,18H2,1-5H3,(H,38,42)(H,39,43)/t23-,35?/m0/s1. The maximum absolute atomic E-state index is 15.5. The van der Waals surface area contributed by atoms with E-state index >= 15 is 4.39 Å². The molecule has 2 heterocycles. The van der Waals surface area contributed by atoms with Crippen molar-refractivity contribution in [3.63, 3.8) is 0 Å². The molecule has 1 saturated heterocycles. The summed E-state index contributed by atoms with van der Waals surface area (Å²) in [6.07, 6.45) is 2.34. The third-order valence-corrected chi connectivity index (χ3v) is 8.79. The SMILES string of the molecule is COc1cc(-c2cccc(-c3cccc(NC(=O)C4=CN(C)C(O)N(C)C4=O)c3C)c2C)cc(F)c1CNCC[C@@H]1CCC(=O)N1. The van der Waals surface area contributed by atoms with Gasteiger partial charge in [0, 0.05) is 50.6 Å². The largest absolute Gasteiger partial charge is 0.496 e. The number of likely N-dealkylation sites (N-methyl/N-ethyl adjacent to an activating group) is 1. The van der Waals surface area contributed by atoms with Crippen molar-refractivity contribution >= 4 is 23.4 Å². The molecule has 4 N–H and O–H groups in total. The number of nitrogens with zero attached hydrogens (tertiary/aromatic N) is 2. The Labute approximate surface area is 268 Å². The summed E-state index contributed by atoms with van der Waals surface area (Å²) < 4.78 is 21.2. The highest BCUT2D eigenvalue weighted by atomic mass is 19.1. The molecule has 0 aromatic heterocycles. The van der Waals surface area contributed by atoms with Crippen LogP contribution in [0.5, 0.6) is 5.75 Å². The monoisotopic (exact) mass is 629 g/mol. The number of anilines is 1. The van der Waals surface area contributed by atoms with Gasteiger partial charge in [0.25, 0.3) is 11.8 Å². The Kier molecular flexibility index (Phi) is 9.74. The average molecular weight is 630 g/mol. The molecule has 3 amide bonds. The lowest BCUT2D eigenvalue weighted by molar-refractivity contribution is -0.149. The van der Waals surface area contributed by atoms with E-state index in [1.54, 1.807) is 13.1 Å². The molecule has 11 heteroatoms. The second-order valence-corrected chi connectivity index (χ2v) is 11.8. The molecule has 5 rings (SSSR count). The van der Waals surface area contributed by atoms with Crippen molar-refractivity contribution in [1.82, 2.24) is 20.4 Å². The number of hydrogen-bond donors (Lipinski definition) is 4. The van der Waals surface area contributed by atoms with Crippen LogP contribution in [0.3, 0.4) is 0 Å². The molecule has 2 aliphatic heterocycles. The van der Waals surface area contributed by atoms with Gasteiger partial charge >= 0.3 is 0 Å². The minimum atomic E-state index is -1.15. The van der Waals surface area contributed by atoms with Gasteiger partial charge < -0.3 is 30.7 Å². The number of aliphatic hydroxyl groups is 1. The van der Waals surface area contributed by atoms with Gasteiger partial charge in [-0.1, -0.05) is 30.3 Å². The molecular weight excluding hydrogens is 589 g/mol. The quantitative estimate of drug-likeness (QED) is 0.197. The molecule has 0 bridgehead atoms. The fourth-order valence-electron chi connectivity index (χ4n) is 6.05. The van der Waals surface area contributed by atoms with Crippen molar-refractivity contribution in [2.24, 2.45) is 0 Å². The van der Waals surface area contributed by atoms with E-state index in [9.17, 15) is 19.5 Å². The van der Waals surface area contributed by atoms with Gasteiger partial charge in [-0.2, -0.15) is 0 Å². The minimum absolute atomic E-state index is 0.0798. The van der Waals surface area contributed by atoms with Crippen molar-refractivity contribution in [1.29, 1.82) is 0 Å². The van der Waals surface area contributed by atoms with Gasteiger partial charge in [-0.15, -0.1) is 0 Å². The summed E-state index contributed by atoms with van der Waals surface area (Å²) in [6.45, 7) is 4.80. The summed E-state index contributed by atoms with van der Waals surface area (Å²) in [5, 5.41) is 19.2. The highest BCUT2D eigenvalue weighted by Gasteiger charge is 2.32. The zero-order valence-electron chi connectivity index (χ0n) is 26.7. The van der Waals surface area contributed by atoms with E-state index in [0.29, 0.717) is 42.1 Å². The third-order valence-electron chi connectivity index (χ3n) is 8.79. The first-order chi connectivity index (χ1) is 22.0. The lowest BCUT2D eigenvalue weighted by atomic mass is 9.90. The maximum Gasteiger partial charge on any atom is 0.264 e. The van der Waals surface area contributed by atoms with Crippen molar-refractivity contribution < 1.29 is 28.6 Å². The summed E-state index contributed by atoms with van der Waals surface area (Å²) in [6, 6.07) is 14.9. The van der Waals surface area contributed by atoms with Gasteiger partial charge in [-0.3, -0.25) is 19.3 Å². The van der Waals surface area contributed by atoms with Crippen LogP contribution in [0.25, 0.3) is 22.3 Å². The van der Waals surface area contributed by atoms with E-state index in [-0.39, 0.29) is 23.3 Å². The first-order valence-electron chi connectivity index (χ1n) is 15.3. The number of amides is 3. The molecule has 1 unspecified atom stereocenters. The molecule has 3 aromatic rings. The van der Waals surface area contributed by atoms with Crippen molar-refractivity contribution in [2.45, 2.75) is 52.0 Å². The molecule has 0 radical (unpaired) electrons. The van der Waals surface area contributed by atoms with E-state index in [1.165, 1.54) is 31.3 Å². The van der Waals surface area contributed by atoms with Crippen LogP contribution in [0, 0.1) is 19.7 Å². The fraction of sp³-hybridized carbons (Fsp3) is 0.343. The van der Waals surface area contributed by atoms with Crippen LogP contribution in [0.1, 0.15) is 36.0 Å². The second-order valence-electron chi connectivity index (χ2n) is 11.8. The van der Waals surface area contributed by atoms with Gasteiger partial charge in [0.1, 0.15) is 17.1 Å². The molecule has 0 aliphatic carbocycles. The van der Waals surface area contributed by atoms with Gasteiger partial charge in [-0.25, -0.2) is 4.39 Å². The van der Waals surface area contributed by atoms with E-state index in [2.05, 4.69) is 16.0 Å². The Morgan fingerprint density at radius 3 is 2.46 bits per heavy atom. The Morgan fingerprint density at radius 2 is 1.76 bits per heavy atom. The van der Waals surface area contributed by atoms with Crippen molar-refractivity contribution in [3.8, 4) is 28.0 Å². The first kappa shape index (κ1) is 32.6. The van der Waals surface area contributed by atoms with Gasteiger partial charge in [0.2, 0.25) is 12.3 Å². The van der Waals surface area contributed by atoms with Crippen LogP contribution in [-0.4, -0.2) is 72.8 Å². The molecule has 3 aromatic carbocycles. The van der Waals surface area contributed by atoms with Crippen molar-refractivity contribution in [2.75, 3.05) is 33.1 Å². The summed E-state index contributed by atoms with van der Waals surface area (Å²) in [5.41, 5.74) is 5.89. The number of carbonyl (C=O) groups excluding carboxylic acids is 3. The number of nitrogens with one attached hydrogen (secondary N) is 3. The molecule has 46 heavy (non-hydrogen) atoms. The minimum Gasteiger partial charge on any atom is -0.496 e. The lowest BCUT2D eigenvalue weighted by Crippen LogP contribution is -2.51. The van der Waals surface area contributed by atoms with Gasteiger partial charge in [0.05, 0.1) is 7.11 Å². The zero-order chi connectivity index (χ0) is 33.1. The number of hydrogen-bond acceptors (Lipinski definition) is 7. The molecule has 10 nitrogen and oxygen atoms in total. The summed E-state index contributed by atoms with van der Waals surface area (Å²) in [5.74, 6) is -1.02. The Hall–Kier alpha value is -4.74. The predicted molar refractivity (Wildman–Crippen MR) is 174 cm³/mol. The molecule has 2 atom stereocenters. The predicted octanol–water partition coefficient (Wildman–Crippen LogP) is 4.05. The number of ether oxygens (including phenoxy) is 1. The smallest absolute Gasteiger partial charge is 0.264 e. The second kappa shape index (κ2) is 13.7. The van der Waals surface area contributed by atoms with Crippen LogP contribution < -0.4 is 20.7 Å². The highest BCUT2D eigenvalue weighted by Crippen LogP contribution is 2.38. The van der Waals surface area contributed by atoms with Crippen LogP contribution in [0.2, 0.25) is 0 Å². The third kappa shape index (κ3) is 6.61. The Morgan fingerprint density at radius 1 is 1.07 bits per heavy atom. The zero-order valence-corrected chi connectivity index (χ0v) is 26.7. The van der Waals surface area contributed by atoms with E-state index in [4.69, 9.17) is 4.74 Å². The maximum atomic E-state index is 15.5. The number of carbonyl (C=O) groups is 3. The summed E-state index contributed by atoms with van der Waals surface area (Å²) in [7, 11) is 4.53. The fourth-order valence-corrected chi connectivity index (χ4v) is 6.05. The summed E-state index contributed by atoms with van der Waals surface area (Å²) >= 11 is 0. The first-order valence-corrected chi connectivity index (χ1v) is 15.3. The Bertz CT molecular complexity index is 1710. The molecular formula is C35H40FN5O5. The molecule has 0 spiro atoms.